The van der Waals surface area contributed by atoms with Crippen LogP contribution in [0.4, 0.5) is 0 Å². The number of benzene rings is 1. The summed E-state index contributed by atoms with van der Waals surface area (Å²) in [7, 11) is -1.56. The van der Waals surface area contributed by atoms with Crippen molar-refractivity contribution < 1.29 is 8.42 Å². The van der Waals surface area contributed by atoms with E-state index in [0.29, 0.717) is 18.0 Å². The van der Waals surface area contributed by atoms with Crippen LogP contribution >= 0.6 is 11.6 Å². The molecule has 120 valence electrons. The van der Waals surface area contributed by atoms with E-state index < -0.39 is 10.0 Å². The molecule has 0 aliphatic rings. The summed E-state index contributed by atoms with van der Waals surface area (Å²) in [5, 5.41) is 3.93. The molecule has 0 amide bonds. The van der Waals surface area contributed by atoms with Crippen LogP contribution < -0.4 is 5.32 Å². The summed E-state index contributed by atoms with van der Waals surface area (Å²) in [4.78, 5) is 0. The van der Waals surface area contributed by atoms with Crippen LogP contribution in [0.3, 0.4) is 0 Å². The maximum Gasteiger partial charge on any atom is 0.214 e. The highest BCUT2D eigenvalue weighted by atomic mass is 35.5. The van der Waals surface area contributed by atoms with Gasteiger partial charge in [-0.15, -0.1) is 0 Å². The Kier molecular flexibility index (Phi) is 8.26. The lowest BCUT2D eigenvalue weighted by molar-refractivity contribution is 0.464. The first-order chi connectivity index (χ1) is 9.95. The van der Waals surface area contributed by atoms with Crippen LogP contribution in [0.1, 0.15) is 31.7 Å². The van der Waals surface area contributed by atoms with Crippen LogP contribution in [0.15, 0.2) is 24.3 Å². The normalized spacial score (nSPS) is 12.0. The number of nitrogens with zero attached hydrogens (tertiary/aromatic N) is 1. The minimum Gasteiger partial charge on any atom is -0.317 e. The topological polar surface area (TPSA) is 49.4 Å². The van der Waals surface area contributed by atoms with E-state index in [4.69, 9.17) is 11.6 Å². The molecule has 1 N–H and O–H groups in total. The third-order valence-corrected chi connectivity index (χ3v) is 5.36. The summed E-state index contributed by atoms with van der Waals surface area (Å²) in [6.07, 6.45) is 2.67. The van der Waals surface area contributed by atoms with Crippen molar-refractivity contribution in [2.45, 2.75) is 32.7 Å². The lowest BCUT2D eigenvalue weighted by Gasteiger charge is -2.17. The number of nitrogens with one attached hydrogen (secondary N) is 1. The van der Waals surface area contributed by atoms with Crippen molar-refractivity contribution in [3.05, 3.63) is 34.9 Å². The molecule has 1 aromatic rings. The first-order valence-electron chi connectivity index (χ1n) is 7.35. The smallest absolute Gasteiger partial charge is 0.214 e. The van der Waals surface area contributed by atoms with E-state index in [-0.39, 0.29) is 5.75 Å². The lowest BCUT2D eigenvalue weighted by atomic mass is 10.2. The molecule has 0 unspecified atom stereocenters. The summed E-state index contributed by atoms with van der Waals surface area (Å²) < 4.78 is 25.8. The van der Waals surface area contributed by atoms with Gasteiger partial charge in [0.2, 0.25) is 10.0 Å². The molecule has 0 aliphatic heterocycles. The molecule has 4 nitrogen and oxygen atoms in total. The monoisotopic (exact) mass is 332 g/mol. The zero-order valence-electron chi connectivity index (χ0n) is 12.8. The van der Waals surface area contributed by atoms with Gasteiger partial charge in [-0.1, -0.05) is 30.7 Å². The van der Waals surface area contributed by atoms with E-state index in [9.17, 15) is 8.42 Å². The van der Waals surface area contributed by atoms with Crippen molar-refractivity contribution in [1.82, 2.24) is 9.62 Å². The van der Waals surface area contributed by atoms with Crippen molar-refractivity contribution in [3.8, 4) is 0 Å². The Morgan fingerprint density at radius 3 is 2.43 bits per heavy atom. The SMILES string of the molecule is CCCNCCCCS(=O)(=O)N(C)Cc1ccc(Cl)cc1. The Morgan fingerprint density at radius 2 is 1.81 bits per heavy atom. The van der Waals surface area contributed by atoms with Gasteiger partial charge in [0.25, 0.3) is 0 Å². The summed E-state index contributed by atoms with van der Waals surface area (Å²) in [6, 6.07) is 7.25. The van der Waals surface area contributed by atoms with Crippen molar-refractivity contribution in [2.24, 2.45) is 0 Å². The van der Waals surface area contributed by atoms with Crippen LogP contribution in [-0.4, -0.2) is 38.6 Å². The molecule has 0 atom stereocenters. The summed E-state index contributed by atoms with van der Waals surface area (Å²) in [5.74, 6) is 0.199. The molecular weight excluding hydrogens is 308 g/mol. The summed E-state index contributed by atoms with van der Waals surface area (Å²) in [5.41, 5.74) is 0.940. The number of unbranched alkanes of at least 4 members (excludes halogenated alkanes) is 1. The fourth-order valence-electron chi connectivity index (χ4n) is 1.94. The summed E-state index contributed by atoms with van der Waals surface area (Å²) >= 11 is 5.82. The number of hydrogen-bond acceptors (Lipinski definition) is 3. The van der Waals surface area contributed by atoms with Gasteiger partial charge in [-0.3, -0.25) is 0 Å². The number of hydrogen-bond donors (Lipinski definition) is 1. The highest BCUT2D eigenvalue weighted by molar-refractivity contribution is 7.89. The first-order valence-corrected chi connectivity index (χ1v) is 9.33. The van der Waals surface area contributed by atoms with Gasteiger partial charge < -0.3 is 5.32 Å². The quantitative estimate of drug-likeness (QED) is 0.670. The molecule has 0 aliphatic carbocycles. The average Bonchev–Trinajstić information content (AvgIpc) is 2.45. The number of halogens is 1. The predicted molar refractivity (Wildman–Crippen MR) is 89.1 cm³/mol. The van der Waals surface area contributed by atoms with Gasteiger partial charge in [0.1, 0.15) is 0 Å². The molecular formula is C15H25ClN2O2S. The fourth-order valence-corrected chi connectivity index (χ4v) is 3.29. The molecule has 0 bridgehead atoms. The molecule has 0 radical (unpaired) electrons. The van der Waals surface area contributed by atoms with Gasteiger partial charge in [0.05, 0.1) is 5.75 Å². The molecule has 0 spiro atoms. The highest BCUT2D eigenvalue weighted by Crippen LogP contribution is 2.13. The molecule has 1 aromatic carbocycles. The Bertz CT molecular complexity index is 503. The van der Waals surface area contributed by atoms with E-state index in [1.54, 1.807) is 19.2 Å². The summed E-state index contributed by atoms with van der Waals surface area (Å²) in [6.45, 7) is 4.37. The standard InChI is InChI=1S/C15H25ClN2O2S/c1-3-10-17-11-4-5-12-21(19,20)18(2)13-14-6-8-15(16)9-7-14/h6-9,17H,3-5,10-13H2,1-2H3. The predicted octanol–water partition coefficient (Wildman–Crippen LogP) is 2.88. The lowest BCUT2D eigenvalue weighted by Crippen LogP contribution is -2.29. The molecule has 1 rings (SSSR count). The van der Waals surface area contributed by atoms with Crippen LogP contribution in [0.5, 0.6) is 0 Å². The van der Waals surface area contributed by atoms with Gasteiger partial charge in [0, 0.05) is 18.6 Å². The third-order valence-electron chi connectivity index (χ3n) is 3.23. The van der Waals surface area contributed by atoms with Crippen LogP contribution in [0.25, 0.3) is 0 Å². The van der Waals surface area contributed by atoms with E-state index in [1.807, 2.05) is 12.1 Å². The van der Waals surface area contributed by atoms with Crippen molar-refractivity contribution in [1.29, 1.82) is 0 Å². The van der Waals surface area contributed by atoms with E-state index in [2.05, 4.69) is 12.2 Å². The van der Waals surface area contributed by atoms with Gasteiger partial charge in [0.15, 0.2) is 0 Å². The zero-order valence-corrected chi connectivity index (χ0v) is 14.4. The Balaban J connectivity index is 2.37. The molecule has 21 heavy (non-hydrogen) atoms. The molecule has 0 aromatic heterocycles. The molecule has 0 saturated carbocycles. The molecule has 0 heterocycles. The molecule has 6 heteroatoms. The Labute approximate surface area is 133 Å². The number of sulfonamides is 1. The van der Waals surface area contributed by atoms with Gasteiger partial charge in [-0.25, -0.2) is 12.7 Å². The van der Waals surface area contributed by atoms with Crippen molar-refractivity contribution >= 4 is 21.6 Å². The van der Waals surface area contributed by atoms with Gasteiger partial charge >= 0.3 is 0 Å². The average molecular weight is 333 g/mol. The minimum atomic E-state index is -3.19. The maximum atomic E-state index is 12.2. The second-order valence-corrected chi connectivity index (χ2v) is 7.79. The fraction of sp³-hybridized carbons (Fsp3) is 0.600. The van der Waals surface area contributed by atoms with Crippen LogP contribution in [0.2, 0.25) is 5.02 Å². The Hall–Kier alpha value is -0.620. The minimum absolute atomic E-state index is 0.199. The highest BCUT2D eigenvalue weighted by Gasteiger charge is 2.17. The number of rotatable bonds is 10. The molecule has 0 saturated heterocycles. The van der Waals surface area contributed by atoms with Gasteiger partial charge in [-0.2, -0.15) is 0 Å². The molecule has 0 fully saturated rings. The van der Waals surface area contributed by atoms with E-state index in [1.165, 1.54) is 4.31 Å². The Morgan fingerprint density at radius 1 is 1.14 bits per heavy atom. The van der Waals surface area contributed by atoms with Crippen LogP contribution in [0, 0.1) is 0 Å². The third kappa shape index (κ3) is 7.27. The van der Waals surface area contributed by atoms with Gasteiger partial charge in [-0.05, 0) is 50.0 Å². The first kappa shape index (κ1) is 18.4. The van der Waals surface area contributed by atoms with E-state index >= 15 is 0 Å². The van der Waals surface area contributed by atoms with Crippen LogP contribution in [-0.2, 0) is 16.6 Å². The van der Waals surface area contributed by atoms with Crippen molar-refractivity contribution in [3.63, 3.8) is 0 Å². The maximum absolute atomic E-state index is 12.2. The van der Waals surface area contributed by atoms with Crippen molar-refractivity contribution in [2.75, 3.05) is 25.9 Å². The zero-order chi connectivity index (χ0) is 15.7. The second kappa shape index (κ2) is 9.41. The second-order valence-electron chi connectivity index (χ2n) is 5.16. The van der Waals surface area contributed by atoms with E-state index in [0.717, 1.165) is 31.5 Å². The largest absolute Gasteiger partial charge is 0.317 e.